The van der Waals surface area contributed by atoms with E-state index in [2.05, 4.69) is 10.3 Å². The van der Waals surface area contributed by atoms with E-state index in [4.69, 9.17) is 10.5 Å². The summed E-state index contributed by atoms with van der Waals surface area (Å²) in [6, 6.07) is 11.7. The molecule has 172 valence electrons. The maximum Gasteiger partial charge on any atom is 0.259 e. The number of morpholine rings is 1. The van der Waals surface area contributed by atoms with Crippen LogP contribution in [0.15, 0.2) is 47.5 Å². The molecule has 0 spiro atoms. The molecule has 0 aromatic heterocycles. The van der Waals surface area contributed by atoms with Crippen LogP contribution in [0.1, 0.15) is 21.5 Å². The number of nitrogens with two attached hydrogens (primary N) is 1. The molecule has 2 aromatic rings. The van der Waals surface area contributed by atoms with Crippen molar-refractivity contribution in [2.75, 3.05) is 37.5 Å². The number of aliphatic hydroxyl groups excluding tert-OH is 1. The number of nitrogens with one attached hydrogen (secondary N) is 1. The van der Waals surface area contributed by atoms with Gasteiger partial charge in [-0.1, -0.05) is 0 Å². The fourth-order valence-electron chi connectivity index (χ4n) is 3.79. The molecule has 2 aromatic carbocycles. The minimum atomic E-state index is -1.70. The maximum absolute atomic E-state index is 13.0. The summed E-state index contributed by atoms with van der Waals surface area (Å²) in [6.45, 7) is 0.830. The minimum absolute atomic E-state index is 0.147. The Hall–Kier alpha value is -3.76. The van der Waals surface area contributed by atoms with E-state index in [0.29, 0.717) is 29.3 Å². The Morgan fingerprint density at radius 3 is 2.67 bits per heavy atom. The Morgan fingerprint density at radius 2 is 1.97 bits per heavy atom. The molecule has 1 saturated heterocycles. The third-order valence-electron chi connectivity index (χ3n) is 5.58. The highest BCUT2D eigenvalue weighted by Gasteiger charge is 2.39. The van der Waals surface area contributed by atoms with Crippen molar-refractivity contribution in [1.82, 2.24) is 4.90 Å². The highest BCUT2D eigenvalue weighted by molar-refractivity contribution is 6.05. The van der Waals surface area contributed by atoms with E-state index in [-0.39, 0.29) is 19.1 Å². The van der Waals surface area contributed by atoms with Gasteiger partial charge in [-0.15, -0.1) is 0 Å². The summed E-state index contributed by atoms with van der Waals surface area (Å²) >= 11 is 0. The van der Waals surface area contributed by atoms with Gasteiger partial charge in [-0.25, -0.2) is 0 Å². The van der Waals surface area contributed by atoms with Gasteiger partial charge in [0.2, 0.25) is 0 Å². The number of fused-ring (bicyclic) bond motifs is 1. The molecule has 4 N–H and O–H groups in total. The molecule has 0 saturated carbocycles. The van der Waals surface area contributed by atoms with Crippen molar-refractivity contribution in [1.29, 1.82) is 0 Å². The van der Waals surface area contributed by atoms with E-state index < -0.39 is 24.0 Å². The second kappa shape index (κ2) is 9.00. The van der Waals surface area contributed by atoms with Crippen LogP contribution in [0.25, 0.3) is 0 Å². The summed E-state index contributed by atoms with van der Waals surface area (Å²) in [5, 5.41) is 13.2. The van der Waals surface area contributed by atoms with E-state index >= 15 is 0 Å². The van der Waals surface area contributed by atoms with E-state index in [1.807, 2.05) is 0 Å². The summed E-state index contributed by atoms with van der Waals surface area (Å²) < 4.78 is 5.45. The average molecular weight is 451 g/mol. The molecule has 2 atom stereocenters. The van der Waals surface area contributed by atoms with Gasteiger partial charge in [0.15, 0.2) is 12.2 Å². The smallest absolute Gasteiger partial charge is 0.259 e. The largest absolute Gasteiger partial charge is 0.383 e. The Morgan fingerprint density at radius 1 is 1.24 bits per heavy atom. The summed E-state index contributed by atoms with van der Waals surface area (Å²) in [5.74, 6) is -0.997. The molecule has 0 radical (unpaired) electrons. The summed E-state index contributed by atoms with van der Waals surface area (Å²) in [5.41, 5.74) is 8.98. The number of benzene rings is 2. The molecule has 3 amide bonds. The maximum atomic E-state index is 13.0. The van der Waals surface area contributed by atoms with Gasteiger partial charge in [-0.05, 0) is 48.0 Å². The van der Waals surface area contributed by atoms with Crippen molar-refractivity contribution in [3.05, 3.63) is 59.2 Å². The minimum Gasteiger partial charge on any atom is -0.383 e. The Kier molecular flexibility index (Phi) is 6.12. The number of hydrogen-bond donors (Lipinski definition) is 3. The van der Waals surface area contributed by atoms with Crippen LogP contribution in [0, 0.1) is 0 Å². The monoisotopic (exact) mass is 451 g/mol. The summed E-state index contributed by atoms with van der Waals surface area (Å²) in [4.78, 5) is 44.8. The van der Waals surface area contributed by atoms with E-state index in [1.165, 1.54) is 9.80 Å². The second-order valence-electron chi connectivity index (χ2n) is 8.04. The zero-order valence-electron chi connectivity index (χ0n) is 18.3. The zero-order valence-corrected chi connectivity index (χ0v) is 18.3. The number of anilines is 2. The Balaban J connectivity index is 1.44. The lowest BCUT2D eigenvalue weighted by Crippen LogP contribution is -2.55. The van der Waals surface area contributed by atoms with Crippen molar-refractivity contribution in [3.8, 4) is 0 Å². The van der Waals surface area contributed by atoms with E-state index in [9.17, 15) is 19.5 Å². The predicted octanol–water partition coefficient (Wildman–Crippen LogP) is 0.339. The zero-order chi connectivity index (χ0) is 23.7. The van der Waals surface area contributed by atoms with Gasteiger partial charge in [0.1, 0.15) is 5.84 Å². The van der Waals surface area contributed by atoms with Gasteiger partial charge in [-0.3, -0.25) is 19.4 Å². The topological polar surface area (TPSA) is 138 Å². The molecule has 0 bridgehead atoms. The van der Waals surface area contributed by atoms with Crippen LogP contribution in [0.5, 0.6) is 0 Å². The highest BCUT2D eigenvalue weighted by atomic mass is 16.5. The number of nitrogens with zero attached hydrogens (tertiary/aromatic N) is 3. The lowest BCUT2D eigenvalue weighted by Gasteiger charge is -2.34. The standard InChI is InChI=1S/C23H25N5O5/c1-27(2)22(31)13-3-6-16(7-4-13)28-9-10-33-19(23(28)32)18(29)21(30)26-15-5-8-17-14(11-15)12-25-20(17)24/h3-8,11,18-19,29H,9-10,12H2,1-2H3,(H2,24,25)(H,26,30)/t18-,19-/m1/s1. The van der Waals surface area contributed by atoms with Gasteiger partial charge >= 0.3 is 0 Å². The quantitative estimate of drug-likeness (QED) is 0.599. The first-order chi connectivity index (χ1) is 15.8. The predicted molar refractivity (Wildman–Crippen MR) is 122 cm³/mol. The lowest BCUT2D eigenvalue weighted by molar-refractivity contribution is -0.150. The number of carbonyl (C=O) groups excluding carboxylic acids is 3. The SMILES string of the molecule is CN(C)C(=O)c1ccc(N2CCO[C@H]([C@@H](O)C(=O)Nc3ccc4c(c3)CN=C4N)C2=O)cc1. The molecule has 33 heavy (non-hydrogen) atoms. The average Bonchev–Trinajstić information content (AvgIpc) is 3.18. The number of aliphatic hydroxyl groups is 1. The number of hydrogen-bond acceptors (Lipinski definition) is 7. The number of carbonyl (C=O) groups is 3. The third kappa shape index (κ3) is 4.43. The number of rotatable bonds is 5. The molecule has 0 aliphatic carbocycles. The first-order valence-corrected chi connectivity index (χ1v) is 10.4. The molecule has 10 heteroatoms. The van der Waals surface area contributed by atoms with Gasteiger partial charge in [0.25, 0.3) is 17.7 Å². The lowest BCUT2D eigenvalue weighted by atomic mass is 10.1. The molecular formula is C23H25N5O5. The highest BCUT2D eigenvalue weighted by Crippen LogP contribution is 2.24. The fraction of sp³-hybridized carbons (Fsp3) is 0.304. The molecule has 4 rings (SSSR count). The molecule has 10 nitrogen and oxygen atoms in total. The third-order valence-corrected chi connectivity index (χ3v) is 5.58. The Labute approximate surface area is 190 Å². The van der Waals surface area contributed by atoms with Crippen LogP contribution in [0.2, 0.25) is 0 Å². The van der Waals surface area contributed by atoms with Crippen LogP contribution >= 0.6 is 0 Å². The Bertz CT molecular complexity index is 1130. The number of ether oxygens (including phenoxy) is 1. The molecule has 2 aliphatic heterocycles. The first-order valence-electron chi connectivity index (χ1n) is 10.4. The molecule has 2 heterocycles. The van der Waals surface area contributed by atoms with E-state index in [0.717, 1.165) is 11.1 Å². The number of amides is 3. The first kappa shape index (κ1) is 22.4. The van der Waals surface area contributed by atoms with Crippen LogP contribution in [0.3, 0.4) is 0 Å². The van der Waals surface area contributed by atoms with Gasteiger partial charge in [-0.2, -0.15) is 0 Å². The molecule has 2 aliphatic rings. The molecule has 1 fully saturated rings. The van der Waals surface area contributed by atoms with Crippen molar-refractivity contribution < 1.29 is 24.2 Å². The van der Waals surface area contributed by atoms with Crippen molar-refractivity contribution in [3.63, 3.8) is 0 Å². The molecule has 0 unspecified atom stereocenters. The van der Waals surface area contributed by atoms with Gasteiger partial charge in [0, 0.05) is 43.1 Å². The normalized spacial score (nSPS) is 18.4. The van der Waals surface area contributed by atoms with Crippen LogP contribution < -0.4 is 16.0 Å². The van der Waals surface area contributed by atoms with Gasteiger partial charge in [0.05, 0.1) is 13.2 Å². The fourth-order valence-corrected chi connectivity index (χ4v) is 3.79. The van der Waals surface area contributed by atoms with E-state index in [1.54, 1.807) is 56.6 Å². The summed E-state index contributed by atoms with van der Waals surface area (Å²) in [7, 11) is 3.32. The molecular weight excluding hydrogens is 426 g/mol. The van der Waals surface area contributed by atoms with Crippen molar-refractivity contribution in [2.45, 2.75) is 18.8 Å². The van der Waals surface area contributed by atoms with Crippen LogP contribution in [-0.4, -0.2) is 73.0 Å². The second-order valence-corrected chi connectivity index (χ2v) is 8.04. The number of aliphatic imine (C=N–C) groups is 1. The van der Waals surface area contributed by atoms with Gasteiger partial charge < -0.3 is 30.7 Å². The van der Waals surface area contributed by atoms with Crippen LogP contribution in [0.4, 0.5) is 11.4 Å². The number of amidine groups is 1. The van der Waals surface area contributed by atoms with Crippen molar-refractivity contribution in [2.24, 2.45) is 10.7 Å². The summed E-state index contributed by atoms with van der Waals surface area (Å²) in [6.07, 6.45) is -3.06. The van der Waals surface area contributed by atoms with Crippen molar-refractivity contribution >= 4 is 34.9 Å². The van der Waals surface area contributed by atoms with Crippen LogP contribution in [-0.2, 0) is 20.9 Å².